The molecule has 0 amide bonds. The summed E-state index contributed by atoms with van der Waals surface area (Å²) in [4.78, 5) is 15.7. The van der Waals surface area contributed by atoms with Gasteiger partial charge in [-0.3, -0.25) is 4.79 Å². The van der Waals surface area contributed by atoms with Crippen molar-refractivity contribution >= 4 is 10.9 Å². The molecule has 23 heavy (non-hydrogen) atoms. The number of nitrogens with zero attached hydrogens (tertiary/aromatic N) is 1. The number of aromatic nitrogens is 1. The van der Waals surface area contributed by atoms with Crippen LogP contribution in [0.15, 0.2) is 53.3 Å². The van der Waals surface area contributed by atoms with Gasteiger partial charge in [0.2, 0.25) is 0 Å². The van der Waals surface area contributed by atoms with E-state index in [9.17, 15) is 10.1 Å². The van der Waals surface area contributed by atoms with Gasteiger partial charge in [-0.1, -0.05) is 30.3 Å². The molecule has 1 saturated carbocycles. The number of aromatic amines is 1. The Morgan fingerprint density at radius 2 is 1.91 bits per heavy atom. The van der Waals surface area contributed by atoms with Gasteiger partial charge in [0.1, 0.15) is 0 Å². The van der Waals surface area contributed by atoms with Gasteiger partial charge >= 0.3 is 0 Å². The third-order valence-corrected chi connectivity index (χ3v) is 4.77. The second-order valence-electron chi connectivity index (χ2n) is 6.32. The highest BCUT2D eigenvalue weighted by molar-refractivity contribution is 5.81. The highest BCUT2D eigenvalue weighted by Crippen LogP contribution is 2.48. The van der Waals surface area contributed by atoms with Crippen LogP contribution in [0.1, 0.15) is 24.0 Å². The van der Waals surface area contributed by atoms with Crippen LogP contribution in [-0.2, 0) is 5.41 Å². The Kier molecular flexibility index (Phi) is 2.89. The van der Waals surface area contributed by atoms with Crippen LogP contribution in [0.2, 0.25) is 0 Å². The van der Waals surface area contributed by atoms with E-state index in [4.69, 9.17) is 0 Å². The summed E-state index contributed by atoms with van der Waals surface area (Å²) >= 11 is 0. The Hall–Kier alpha value is -2.86. The van der Waals surface area contributed by atoms with E-state index in [-0.39, 0.29) is 10.8 Å². The highest BCUT2D eigenvalue weighted by atomic mass is 16.1. The lowest BCUT2D eigenvalue weighted by molar-refractivity contribution is 0.906. The molecule has 0 atom stereocenters. The maximum absolute atomic E-state index is 12.3. The summed E-state index contributed by atoms with van der Waals surface area (Å²) in [5, 5.41) is 10.0. The maximum Gasteiger partial charge on any atom is 0.190 e. The molecule has 1 aromatic heterocycles. The van der Waals surface area contributed by atoms with E-state index in [2.05, 4.69) is 17.1 Å². The largest absolute Gasteiger partial charge is 0.354 e. The number of para-hydroxylation sites is 1. The second kappa shape index (κ2) is 4.82. The molecule has 0 spiro atoms. The number of fused-ring (bicyclic) bond motifs is 1. The monoisotopic (exact) mass is 300 g/mol. The molecule has 3 nitrogen and oxygen atoms in total. The first-order chi connectivity index (χ1) is 11.1. The van der Waals surface area contributed by atoms with Crippen molar-refractivity contribution in [2.45, 2.75) is 25.2 Å². The molecule has 112 valence electrons. The van der Waals surface area contributed by atoms with E-state index < -0.39 is 0 Å². The third kappa shape index (κ3) is 2.15. The number of pyridine rings is 1. The van der Waals surface area contributed by atoms with Crippen molar-refractivity contribution in [2.24, 2.45) is 0 Å². The lowest BCUT2D eigenvalue weighted by atomic mass is 9.93. The number of hydrogen-bond acceptors (Lipinski definition) is 2. The predicted octanol–water partition coefficient (Wildman–Crippen LogP) is 4.06. The zero-order valence-electron chi connectivity index (χ0n) is 12.9. The van der Waals surface area contributed by atoms with E-state index in [0.29, 0.717) is 5.39 Å². The van der Waals surface area contributed by atoms with Gasteiger partial charge in [-0.2, -0.15) is 5.26 Å². The van der Waals surface area contributed by atoms with Crippen LogP contribution in [0, 0.1) is 18.3 Å². The summed E-state index contributed by atoms with van der Waals surface area (Å²) < 4.78 is 0. The first-order valence-corrected chi connectivity index (χ1v) is 7.78. The van der Waals surface area contributed by atoms with Gasteiger partial charge in [0.25, 0.3) is 0 Å². The number of hydrogen-bond donors (Lipinski definition) is 1. The summed E-state index contributed by atoms with van der Waals surface area (Å²) in [6.07, 6.45) is 1.88. The highest BCUT2D eigenvalue weighted by Gasteiger charge is 2.44. The Labute approximate surface area is 134 Å². The number of nitriles is 1. The number of H-pyrrole nitrogens is 1. The van der Waals surface area contributed by atoms with E-state index in [1.165, 1.54) is 0 Å². The van der Waals surface area contributed by atoms with Crippen molar-refractivity contribution < 1.29 is 0 Å². The number of nitrogens with one attached hydrogen (secondary N) is 1. The first-order valence-electron chi connectivity index (χ1n) is 7.78. The fourth-order valence-electron chi connectivity index (χ4n) is 3.20. The summed E-state index contributed by atoms with van der Waals surface area (Å²) in [5.41, 5.74) is 4.58. The summed E-state index contributed by atoms with van der Waals surface area (Å²) in [7, 11) is 0. The molecule has 0 bridgehead atoms. The Balaban J connectivity index is 1.85. The molecule has 3 heteroatoms. The molecular formula is C20H16N2O. The Morgan fingerprint density at radius 1 is 1.13 bits per heavy atom. The molecule has 1 heterocycles. The fourth-order valence-corrected chi connectivity index (χ4v) is 3.20. The van der Waals surface area contributed by atoms with Crippen LogP contribution < -0.4 is 5.43 Å². The summed E-state index contributed by atoms with van der Waals surface area (Å²) in [6.45, 7) is 2.03. The van der Waals surface area contributed by atoms with Crippen LogP contribution in [0.4, 0.5) is 0 Å². The SMILES string of the molecule is Cc1cc(C2(C#N)CC2)ccc1-c1cc(=O)c2ccccc2[nH]1. The normalized spacial score (nSPS) is 15.3. The van der Waals surface area contributed by atoms with Crippen molar-refractivity contribution in [1.82, 2.24) is 4.98 Å². The fraction of sp³-hybridized carbons (Fsp3) is 0.200. The molecule has 1 N–H and O–H groups in total. The predicted molar refractivity (Wildman–Crippen MR) is 91.3 cm³/mol. The minimum Gasteiger partial charge on any atom is -0.354 e. The molecule has 4 rings (SSSR count). The minimum atomic E-state index is -0.278. The number of rotatable bonds is 2. The van der Waals surface area contributed by atoms with Crippen LogP contribution in [0.5, 0.6) is 0 Å². The van der Waals surface area contributed by atoms with Gasteiger partial charge in [0, 0.05) is 28.2 Å². The molecule has 1 aliphatic carbocycles. The molecule has 2 aromatic carbocycles. The molecule has 1 fully saturated rings. The van der Waals surface area contributed by atoms with Crippen molar-refractivity contribution in [1.29, 1.82) is 5.26 Å². The number of aryl methyl sites for hydroxylation is 1. The smallest absolute Gasteiger partial charge is 0.190 e. The van der Waals surface area contributed by atoms with E-state index in [1.54, 1.807) is 6.07 Å². The topological polar surface area (TPSA) is 56.6 Å². The first kappa shape index (κ1) is 13.8. The molecule has 0 radical (unpaired) electrons. The molecular weight excluding hydrogens is 284 g/mol. The number of benzene rings is 2. The minimum absolute atomic E-state index is 0.0218. The van der Waals surface area contributed by atoms with Gasteiger partial charge in [-0.25, -0.2) is 0 Å². The molecule has 3 aromatic rings. The molecule has 0 unspecified atom stereocenters. The average Bonchev–Trinajstić information content (AvgIpc) is 3.36. The van der Waals surface area contributed by atoms with E-state index >= 15 is 0 Å². The Morgan fingerprint density at radius 3 is 2.61 bits per heavy atom. The van der Waals surface area contributed by atoms with E-state index in [1.807, 2.05) is 43.3 Å². The van der Waals surface area contributed by atoms with Crippen molar-refractivity contribution in [3.63, 3.8) is 0 Å². The van der Waals surface area contributed by atoms with Crippen LogP contribution in [0.25, 0.3) is 22.2 Å². The van der Waals surface area contributed by atoms with Crippen molar-refractivity contribution in [3.05, 3.63) is 69.9 Å². The zero-order chi connectivity index (χ0) is 16.0. The van der Waals surface area contributed by atoms with Gasteiger partial charge in [0.15, 0.2) is 5.43 Å². The lowest BCUT2D eigenvalue weighted by Gasteiger charge is -2.12. The van der Waals surface area contributed by atoms with Gasteiger partial charge in [-0.05, 0) is 43.0 Å². The molecule has 0 saturated heterocycles. The summed E-state index contributed by atoms with van der Waals surface area (Å²) in [5.74, 6) is 0. The maximum atomic E-state index is 12.3. The standard InChI is InChI=1S/C20H16N2O/c1-13-10-14(20(12-21)8-9-20)6-7-15(13)18-11-19(23)16-4-2-3-5-17(16)22-18/h2-7,10-11H,8-9H2,1H3,(H,22,23). The van der Waals surface area contributed by atoms with Crippen LogP contribution in [0.3, 0.4) is 0 Å². The van der Waals surface area contributed by atoms with Gasteiger partial charge < -0.3 is 4.98 Å². The average molecular weight is 300 g/mol. The third-order valence-electron chi connectivity index (χ3n) is 4.77. The van der Waals surface area contributed by atoms with Gasteiger partial charge in [0.05, 0.1) is 11.5 Å². The lowest BCUT2D eigenvalue weighted by Crippen LogP contribution is -2.05. The van der Waals surface area contributed by atoms with Crippen molar-refractivity contribution in [2.75, 3.05) is 0 Å². The quantitative estimate of drug-likeness (QED) is 0.776. The van der Waals surface area contributed by atoms with Gasteiger partial charge in [-0.15, -0.1) is 0 Å². The molecule has 1 aliphatic rings. The van der Waals surface area contributed by atoms with E-state index in [0.717, 1.165) is 40.7 Å². The molecule has 0 aliphatic heterocycles. The summed E-state index contributed by atoms with van der Waals surface area (Å²) in [6, 6.07) is 17.7. The van der Waals surface area contributed by atoms with Crippen molar-refractivity contribution in [3.8, 4) is 17.3 Å². The van der Waals surface area contributed by atoms with Crippen LogP contribution >= 0.6 is 0 Å². The van der Waals surface area contributed by atoms with Crippen LogP contribution in [-0.4, -0.2) is 4.98 Å². The second-order valence-corrected chi connectivity index (χ2v) is 6.32. The Bertz CT molecular complexity index is 1020. The zero-order valence-corrected chi connectivity index (χ0v) is 12.9.